The van der Waals surface area contributed by atoms with Crippen molar-refractivity contribution in [2.75, 3.05) is 13.7 Å². The molecule has 1 unspecified atom stereocenters. The number of nitrogens with zero attached hydrogens (tertiary/aromatic N) is 2. The number of benzene rings is 1. The fraction of sp³-hybridized carbons (Fsp3) is 0.286. The van der Waals surface area contributed by atoms with Crippen molar-refractivity contribution < 1.29 is 9.53 Å². The minimum absolute atomic E-state index is 0.0206. The number of amides is 1. The van der Waals surface area contributed by atoms with Crippen molar-refractivity contribution in [2.45, 2.75) is 10.3 Å². The van der Waals surface area contributed by atoms with Gasteiger partial charge in [0.2, 0.25) is 5.91 Å². The minimum atomic E-state index is -0.0293. The molecule has 0 aromatic heterocycles. The Bertz CT molecular complexity index is 610. The molecule has 0 N–H and O–H groups in total. The van der Waals surface area contributed by atoms with Gasteiger partial charge in [0.25, 0.3) is 0 Å². The van der Waals surface area contributed by atoms with Crippen molar-refractivity contribution in [3.05, 3.63) is 34.9 Å². The quantitative estimate of drug-likeness (QED) is 0.576. The highest BCUT2D eigenvalue weighted by Gasteiger charge is 2.27. The SMILES string of the molecule is CN1C(=O)C(I)CC=C1c1ccc(OCC#N)cc1Cl. The molecule has 0 spiro atoms. The van der Waals surface area contributed by atoms with Crippen LogP contribution in [-0.2, 0) is 4.79 Å². The second-order valence-corrected chi connectivity index (χ2v) is 6.19. The van der Waals surface area contributed by atoms with Crippen molar-refractivity contribution in [1.82, 2.24) is 4.90 Å². The first-order chi connectivity index (χ1) is 9.54. The Morgan fingerprint density at radius 1 is 1.60 bits per heavy atom. The van der Waals surface area contributed by atoms with Gasteiger partial charge < -0.3 is 9.64 Å². The molecular formula is C14H12ClIN2O2. The van der Waals surface area contributed by atoms with E-state index >= 15 is 0 Å². The number of nitriles is 1. The van der Waals surface area contributed by atoms with Gasteiger partial charge in [0.05, 0.1) is 8.95 Å². The number of ether oxygens (including phenoxy) is 1. The van der Waals surface area contributed by atoms with Gasteiger partial charge in [-0.1, -0.05) is 40.3 Å². The Morgan fingerprint density at radius 3 is 3.00 bits per heavy atom. The summed E-state index contributed by atoms with van der Waals surface area (Å²) in [4.78, 5) is 13.6. The van der Waals surface area contributed by atoms with E-state index in [-0.39, 0.29) is 16.4 Å². The average Bonchev–Trinajstić information content (AvgIpc) is 2.44. The number of allylic oxidation sites excluding steroid dienone is 1. The number of alkyl halides is 1. The van der Waals surface area contributed by atoms with Gasteiger partial charge >= 0.3 is 0 Å². The van der Waals surface area contributed by atoms with Crippen LogP contribution in [0, 0.1) is 11.3 Å². The molecule has 0 radical (unpaired) electrons. The van der Waals surface area contributed by atoms with E-state index in [0.717, 1.165) is 11.3 Å². The molecule has 0 bridgehead atoms. The van der Waals surface area contributed by atoms with Crippen LogP contribution >= 0.6 is 34.2 Å². The summed E-state index contributed by atoms with van der Waals surface area (Å²) in [6.45, 7) is -0.0206. The molecule has 1 aliphatic heterocycles. The first kappa shape index (κ1) is 15.1. The molecule has 104 valence electrons. The predicted molar refractivity (Wildman–Crippen MR) is 85.7 cm³/mol. The lowest BCUT2D eigenvalue weighted by Gasteiger charge is -2.28. The van der Waals surface area contributed by atoms with Crippen molar-refractivity contribution in [3.63, 3.8) is 0 Å². The van der Waals surface area contributed by atoms with Crippen molar-refractivity contribution >= 4 is 45.8 Å². The molecular weight excluding hydrogens is 391 g/mol. The summed E-state index contributed by atoms with van der Waals surface area (Å²) in [5, 5.41) is 8.98. The van der Waals surface area contributed by atoms with Gasteiger partial charge in [0, 0.05) is 18.3 Å². The summed E-state index contributed by atoms with van der Waals surface area (Å²) >= 11 is 8.38. The van der Waals surface area contributed by atoms with E-state index in [1.807, 2.05) is 12.1 Å². The van der Waals surface area contributed by atoms with Crippen molar-refractivity contribution in [1.29, 1.82) is 5.26 Å². The van der Waals surface area contributed by atoms with E-state index in [2.05, 4.69) is 22.6 Å². The molecule has 4 nitrogen and oxygen atoms in total. The van der Waals surface area contributed by atoms with Crippen LogP contribution < -0.4 is 4.74 Å². The maximum atomic E-state index is 12.0. The van der Waals surface area contributed by atoms with E-state index in [9.17, 15) is 4.79 Å². The molecule has 1 heterocycles. The Kier molecular flexibility index (Phi) is 4.89. The maximum absolute atomic E-state index is 12.0. The van der Waals surface area contributed by atoms with E-state index < -0.39 is 0 Å². The van der Waals surface area contributed by atoms with Gasteiger partial charge in [-0.3, -0.25) is 4.79 Å². The Balaban J connectivity index is 2.30. The zero-order chi connectivity index (χ0) is 14.7. The largest absolute Gasteiger partial charge is 0.479 e. The molecule has 0 saturated heterocycles. The van der Waals surface area contributed by atoms with Crippen LogP contribution in [0.15, 0.2) is 24.3 Å². The standard InChI is InChI=1S/C14H12ClIN2O2/c1-18-13(5-4-12(16)14(18)19)10-3-2-9(8-11(10)15)20-7-6-17/h2-3,5,8,12H,4,7H2,1H3. The lowest BCUT2D eigenvalue weighted by atomic mass is 10.0. The summed E-state index contributed by atoms with van der Waals surface area (Å²) in [6, 6.07) is 7.10. The van der Waals surface area contributed by atoms with Crippen molar-refractivity contribution in [3.8, 4) is 11.8 Å². The molecule has 1 aromatic carbocycles. The number of hydrogen-bond donors (Lipinski definition) is 0. The van der Waals surface area contributed by atoms with Crippen LogP contribution in [-0.4, -0.2) is 28.4 Å². The lowest BCUT2D eigenvalue weighted by Crippen LogP contribution is -2.35. The average molecular weight is 403 g/mol. The van der Waals surface area contributed by atoms with E-state index in [1.165, 1.54) is 0 Å². The van der Waals surface area contributed by atoms with Crippen LogP contribution in [0.1, 0.15) is 12.0 Å². The normalized spacial score (nSPS) is 18.5. The first-order valence-electron chi connectivity index (χ1n) is 5.96. The number of hydrogen-bond acceptors (Lipinski definition) is 3. The highest BCUT2D eigenvalue weighted by molar-refractivity contribution is 14.1. The van der Waals surface area contributed by atoms with Gasteiger partial charge in [-0.25, -0.2) is 0 Å². The first-order valence-corrected chi connectivity index (χ1v) is 7.58. The third kappa shape index (κ3) is 3.07. The van der Waals surface area contributed by atoms with E-state index in [4.69, 9.17) is 21.6 Å². The number of carbonyl (C=O) groups is 1. The zero-order valence-corrected chi connectivity index (χ0v) is 13.7. The second-order valence-electron chi connectivity index (χ2n) is 4.28. The third-order valence-corrected chi connectivity index (χ3v) is 4.35. The Hall–Kier alpha value is -1.26. The monoisotopic (exact) mass is 402 g/mol. The van der Waals surface area contributed by atoms with Crippen LogP contribution in [0.25, 0.3) is 5.70 Å². The summed E-state index contributed by atoms with van der Waals surface area (Å²) in [6.07, 6.45) is 2.71. The van der Waals surface area contributed by atoms with Crippen LogP contribution in [0.5, 0.6) is 5.75 Å². The molecule has 1 atom stereocenters. The van der Waals surface area contributed by atoms with Gasteiger partial charge in [-0.2, -0.15) is 5.26 Å². The highest BCUT2D eigenvalue weighted by Crippen LogP contribution is 2.33. The van der Waals surface area contributed by atoms with Gasteiger partial charge in [0.15, 0.2) is 6.61 Å². The molecule has 2 rings (SSSR count). The van der Waals surface area contributed by atoms with Gasteiger partial charge in [0.1, 0.15) is 11.8 Å². The predicted octanol–water partition coefficient (Wildman–Crippen LogP) is 3.25. The van der Waals surface area contributed by atoms with Crippen LogP contribution in [0.2, 0.25) is 5.02 Å². The molecule has 1 aliphatic rings. The number of halogens is 2. The lowest BCUT2D eigenvalue weighted by molar-refractivity contribution is -0.126. The van der Waals surface area contributed by atoms with Crippen molar-refractivity contribution in [2.24, 2.45) is 0 Å². The minimum Gasteiger partial charge on any atom is -0.479 e. The fourth-order valence-corrected chi connectivity index (χ4v) is 2.92. The number of carbonyl (C=O) groups excluding carboxylic acids is 1. The maximum Gasteiger partial charge on any atom is 0.240 e. The number of rotatable bonds is 3. The summed E-state index contributed by atoms with van der Waals surface area (Å²) in [5.41, 5.74) is 1.59. The summed E-state index contributed by atoms with van der Waals surface area (Å²) < 4.78 is 5.17. The second kappa shape index (κ2) is 6.46. The summed E-state index contributed by atoms with van der Waals surface area (Å²) in [5.74, 6) is 0.612. The molecule has 6 heteroatoms. The van der Waals surface area contributed by atoms with E-state index in [0.29, 0.717) is 17.2 Å². The molecule has 0 fully saturated rings. The smallest absolute Gasteiger partial charge is 0.240 e. The highest BCUT2D eigenvalue weighted by atomic mass is 127. The molecule has 0 aliphatic carbocycles. The van der Waals surface area contributed by atoms with Crippen LogP contribution in [0.3, 0.4) is 0 Å². The Morgan fingerprint density at radius 2 is 2.35 bits per heavy atom. The topological polar surface area (TPSA) is 53.3 Å². The van der Waals surface area contributed by atoms with Gasteiger partial charge in [-0.15, -0.1) is 0 Å². The molecule has 1 aromatic rings. The Labute approximate surface area is 136 Å². The third-order valence-electron chi connectivity index (χ3n) is 3.00. The summed E-state index contributed by atoms with van der Waals surface area (Å²) in [7, 11) is 1.75. The van der Waals surface area contributed by atoms with E-state index in [1.54, 1.807) is 30.1 Å². The molecule has 1 amide bonds. The molecule has 20 heavy (non-hydrogen) atoms. The zero-order valence-electron chi connectivity index (χ0n) is 10.8. The van der Waals surface area contributed by atoms with Gasteiger partial charge in [-0.05, 0) is 24.6 Å². The van der Waals surface area contributed by atoms with Crippen LogP contribution in [0.4, 0.5) is 0 Å². The fourth-order valence-electron chi connectivity index (χ4n) is 1.98. The molecule has 0 saturated carbocycles.